The minimum absolute atomic E-state index is 0.0670. The Morgan fingerprint density at radius 1 is 1.00 bits per heavy atom. The molecule has 28 heavy (non-hydrogen) atoms. The van der Waals surface area contributed by atoms with Crippen LogP contribution in [-0.4, -0.2) is 17.9 Å². The molecule has 1 heterocycles. The zero-order valence-corrected chi connectivity index (χ0v) is 17.1. The van der Waals surface area contributed by atoms with Crippen molar-refractivity contribution in [3.63, 3.8) is 0 Å². The van der Waals surface area contributed by atoms with Crippen molar-refractivity contribution < 1.29 is 9.84 Å². The first kappa shape index (κ1) is 18.7. The Balaban J connectivity index is 1.80. The lowest BCUT2D eigenvalue weighted by Gasteiger charge is -2.31. The minimum atomic E-state index is -0.275. The van der Waals surface area contributed by atoms with Gasteiger partial charge in [0.15, 0.2) is 0 Å². The van der Waals surface area contributed by atoms with Gasteiger partial charge in [0.25, 0.3) is 0 Å². The predicted octanol–water partition coefficient (Wildman–Crippen LogP) is 5.39. The van der Waals surface area contributed by atoms with E-state index < -0.39 is 0 Å². The number of benzene rings is 3. The first-order valence-corrected chi connectivity index (χ1v) is 9.94. The zero-order chi connectivity index (χ0) is 19.5. The summed E-state index contributed by atoms with van der Waals surface area (Å²) in [5.74, 6) is 1.07. The van der Waals surface area contributed by atoms with Crippen LogP contribution in [0.5, 0.6) is 11.5 Å². The summed E-state index contributed by atoms with van der Waals surface area (Å²) in [6.45, 7) is 0. The van der Waals surface area contributed by atoms with Crippen LogP contribution in [0, 0.1) is 0 Å². The summed E-state index contributed by atoms with van der Waals surface area (Å²) in [5.41, 5.74) is 3.89. The highest BCUT2D eigenvalue weighted by molar-refractivity contribution is 9.10. The smallest absolute Gasteiger partial charge is 0.129 e. The molecule has 142 valence electrons. The average Bonchev–Trinajstić information content (AvgIpc) is 2.73. The topological polar surface area (TPSA) is 53.9 Å². The Labute approximate surface area is 173 Å². The molecule has 0 fully saturated rings. The van der Waals surface area contributed by atoms with Gasteiger partial charge in [-0.25, -0.2) is 0 Å². The summed E-state index contributed by atoms with van der Waals surface area (Å²) in [7, 11) is 1.67. The lowest BCUT2D eigenvalue weighted by molar-refractivity contribution is 0.381. The average molecular weight is 437 g/mol. The van der Waals surface area contributed by atoms with E-state index in [1.54, 1.807) is 13.2 Å². The number of methoxy groups -OCH3 is 1. The van der Waals surface area contributed by atoms with Gasteiger partial charge < -0.3 is 9.84 Å². The van der Waals surface area contributed by atoms with E-state index in [-0.39, 0.29) is 18.0 Å². The molecule has 5 heteroatoms. The molecule has 0 aromatic heterocycles. The molecule has 0 spiro atoms. The molecule has 2 N–H and O–H groups in total. The van der Waals surface area contributed by atoms with Crippen molar-refractivity contribution in [1.29, 1.82) is 0 Å². The van der Waals surface area contributed by atoms with Crippen molar-refractivity contribution in [1.82, 2.24) is 5.32 Å². The number of nitrogens with one attached hydrogen (secondary N) is 1. The number of halogens is 1. The number of hydrogen-bond donors (Lipinski definition) is 2. The Morgan fingerprint density at radius 2 is 1.75 bits per heavy atom. The van der Waals surface area contributed by atoms with Crippen LogP contribution in [0.15, 0.2) is 82.3 Å². The van der Waals surface area contributed by atoms with Gasteiger partial charge in [-0.05, 0) is 29.8 Å². The molecular formula is C23H21BrN2O2. The Bertz CT molecular complexity index is 1020. The Hall–Kier alpha value is -2.63. The predicted molar refractivity (Wildman–Crippen MR) is 115 cm³/mol. The van der Waals surface area contributed by atoms with Gasteiger partial charge >= 0.3 is 0 Å². The van der Waals surface area contributed by atoms with E-state index in [2.05, 4.69) is 33.4 Å². The minimum Gasteiger partial charge on any atom is -0.508 e. The summed E-state index contributed by atoms with van der Waals surface area (Å²) in [5, 5.41) is 14.0. The first-order valence-electron chi connectivity index (χ1n) is 9.15. The number of hydrogen-bond acceptors (Lipinski definition) is 4. The molecule has 3 aromatic carbocycles. The summed E-state index contributed by atoms with van der Waals surface area (Å²) < 4.78 is 6.57. The second kappa shape index (κ2) is 8.17. The standard InChI is InChI=1S/C23H21BrN2O2/c1-28-22-12-5-3-10-18(22)23-25-19(15-7-6-8-16(24)13-15)14-20(26-23)17-9-2-4-11-21(17)27/h2-13,20,23,26-27H,14H2,1H3/t20-,23+/m0/s1. The van der Waals surface area contributed by atoms with E-state index in [0.29, 0.717) is 6.42 Å². The normalized spacial score (nSPS) is 19.1. The SMILES string of the molecule is COc1ccccc1[C@@H]1N=C(c2cccc(Br)c2)C[C@@H](c2ccccc2O)N1. The molecule has 4 nitrogen and oxygen atoms in total. The van der Waals surface area contributed by atoms with Crippen LogP contribution in [0.4, 0.5) is 0 Å². The number of ether oxygens (including phenoxy) is 1. The molecule has 4 rings (SSSR count). The summed E-state index contributed by atoms with van der Waals surface area (Å²) in [6.07, 6.45) is 0.406. The highest BCUT2D eigenvalue weighted by atomic mass is 79.9. The number of para-hydroxylation sites is 2. The van der Waals surface area contributed by atoms with Crippen molar-refractivity contribution in [3.05, 3.63) is 94.0 Å². The van der Waals surface area contributed by atoms with Crippen molar-refractivity contribution in [3.8, 4) is 11.5 Å². The second-order valence-electron chi connectivity index (χ2n) is 6.71. The summed E-state index contributed by atoms with van der Waals surface area (Å²) >= 11 is 3.55. The third kappa shape index (κ3) is 3.81. The highest BCUT2D eigenvalue weighted by Gasteiger charge is 2.28. The van der Waals surface area contributed by atoms with Crippen LogP contribution in [0.25, 0.3) is 0 Å². The molecule has 3 aromatic rings. The summed E-state index contributed by atoms with van der Waals surface area (Å²) in [6, 6.07) is 23.4. The molecule has 2 atom stereocenters. The number of aromatic hydroxyl groups is 1. The van der Waals surface area contributed by atoms with Gasteiger partial charge in [0.05, 0.1) is 7.11 Å². The lowest BCUT2D eigenvalue weighted by atomic mass is 9.93. The largest absolute Gasteiger partial charge is 0.508 e. The maximum Gasteiger partial charge on any atom is 0.129 e. The van der Waals surface area contributed by atoms with Gasteiger partial charge in [-0.15, -0.1) is 0 Å². The van der Waals surface area contributed by atoms with E-state index in [1.165, 1.54) is 0 Å². The van der Waals surface area contributed by atoms with E-state index in [4.69, 9.17) is 9.73 Å². The molecule has 1 aliphatic rings. The quantitative estimate of drug-likeness (QED) is 0.576. The van der Waals surface area contributed by atoms with Gasteiger partial charge in [0.2, 0.25) is 0 Å². The van der Waals surface area contributed by atoms with Crippen molar-refractivity contribution in [2.45, 2.75) is 18.6 Å². The summed E-state index contributed by atoms with van der Waals surface area (Å²) in [4.78, 5) is 5.00. The van der Waals surface area contributed by atoms with Crippen molar-refractivity contribution in [2.75, 3.05) is 7.11 Å². The number of rotatable bonds is 4. The van der Waals surface area contributed by atoms with Gasteiger partial charge in [-0.3, -0.25) is 10.3 Å². The fourth-order valence-electron chi connectivity index (χ4n) is 3.58. The molecule has 0 amide bonds. The third-order valence-electron chi connectivity index (χ3n) is 4.94. The Morgan fingerprint density at radius 3 is 2.50 bits per heavy atom. The van der Waals surface area contributed by atoms with E-state index in [9.17, 15) is 5.11 Å². The highest BCUT2D eigenvalue weighted by Crippen LogP contribution is 2.36. The molecule has 1 aliphatic heterocycles. The number of phenolic OH excluding ortho intramolecular Hbond substituents is 1. The Kier molecular flexibility index (Phi) is 5.46. The van der Waals surface area contributed by atoms with E-state index in [1.807, 2.05) is 54.6 Å². The fraction of sp³-hybridized carbons (Fsp3) is 0.174. The lowest BCUT2D eigenvalue weighted by Crippen LogP contribution is -2.33. The molecule has 0 saturated carbocycles. The van der Waals surface area contributed by atoms with Crippen LogP contribution < -0.4 is 10.1 Å². The van der Waals surface area contributed by atoms with Gasteiger partial charge in [-0.2, -0.15) is 0 Å². The maximum atomic E-state index is 10.4. The molecular weight excluding hydrogens is 416 g/mol. The zero-order valence-electron chi connectivity index (χ0n) is 15.5. The number of nitrogens with zero attached hydrogens (tertiary/aromatic N) is 1. The molecule has 0 unspecified atom stereocenters. The van der Waals surface area contributed by atoms with Gasteiger partial charge in [-0.1, -0.05) is 64.5 Å². The number of phenols is 1. The van der Waals surface area contributed by atoms with Crippen LogP contribution in [0.2, 0.25) is 0 Å². The van der Waals surface area contributed by atoms with E-state index >= 15 is 0 Å². The van der Waals surface area contributed by atoms with Crippen LogP contribution in [0.1, 0.15) is 35.3 Å². The third-order valence-corrected chi connectivity index (χ3v) is 5.44. The molecule has 0 aliphatic carbocycles. The fourth-order valence-corrected chi connectivity index (χ4v) is 3.98. The van der Waals surface area contributed by atoms with E-state index in [0.717, 1.165) is 32.6 Å². The van der Waals surface area contributed by atoms with Gasteiger partial charge in [0, 0.05) is 33.8 Å². The van der Waals surface area contributed by atoms with Crippen LogP contribution in [-0.2, 0) is 0 Å². The molecule has 0 saturated heterocycles. The first-order chi connectivity index (χ1) is 13.7. The molecule has 0 radical (unpaired) electrons. The monoisotopic (exact) mass is 436 g/mol. The number of aliphatic imine (C=N–C) groups is 1. The van der Waals surface area contributed by atoms with Crippen LogP contribution in [0.3, 0.4) is 0 Å². The maximum absolute atomic E-state index is 10.4. The van der Waals surface area contributed by atoms with Gasteiger partial charge in [0.1, 0.15) is 17.7 Å². The molecule has 0 bridgehead atoms. The van der Waals surface area contributed by atoms with Crippen molar-refractivity contribution in [2.24, 2.45) is 4.99 Å². The second-order valence-corrected chi connectivity index (χ2v) is 7.63. The van der Waals surface area contributed by atoms with Crippen LogP contribution >= 0.6 is 15.9 Å². The van der Waals surface area contributed by atoms with Crippen molar-refractivity contribution >= 4 is 21.6 Å².